The van der Waals surface area contributed by atoms with Gasteiger partial charge in [-0.2, -0.15) is 0 Å². The summed E-state index contributed by atoms with van der Waals surface area (Å²) in [5, 5.41) is 0. The molecule has 0 saturated carbocycles. The molecule has 0 aliphatic carbocycles. The third kappa shape index (κ3) is 3.57. The Kier molecular flexibility index (Phi) is 3.58. The highest BCUT2D eigenvalue weighted by molar-refractivity contribution is 5.78. The largest absolute Gasteiger partial charge is 0.460 e. The van der Waals surface area contributed by atoms with Crippen LogP contribution >= 0.6 is 0 Å². The van der Waals surface area contributed by atoms with Gasteiger partial charge in [0.1, 0.15) is 5.60 Å². The van der Waals surface area contributed by atoms with Crippen molar-refractivity contribution in [2.75, 3.05) is 5.73 Å². The van der Waals surface area contributed by atoms with E-state index in [0.717, 1.165) is 5.56 Å². The lowest BCUT2D eigenvalue weighted by Gasteiger charge is -2.22. The van der Waals surface area contributed by atoms with Crippen LogP contribution in [0.5, 0.6) is 0 Å². The Morgan fingerprint density at radius 3 is 2.19 bits per heavy atom. The summed E-state index contributed by atoms with van der Waals surface area (Å²) in [6, 6.07) is 7.28. The van der Waals surface area contributed by atoms with E-state index in [1.165, 1.54) is 0 Å². The Morgan fingerprint density at radius 2 is 1.75 bits per heavy atom. The summed E-state index contributed by atoms with van der Waals surface area (Å²) in [6.45, 7) is 7.42. The molecule has 3 heteroatoms. The topological polar surface area (TPSA) is 52.3 Å². The monoisotopic (exact) mass is 221 g/mol. The fourth-order valence-corrected chi connectivity index (χ4v) is 1.31. The Hall–Kier alpha value is -1.51. The van der Waals surface area contributed by atoms with Crippen LogP contribution < -0.4 is 5.73 Å². The maximum Gasteiger partial charge on any atom is 0.313 e. The Morgan fingerprint density at radius 1 is 1.25 bits per heavy atom. The molecule has 1 rings (SSSR count). The van der Waals surface area contributed by atoms with Crippen molar-refractivity contribution in [2.45, 2.75) is 39.2 Å². The lowest BCUT2D eigenvalue weighted by molar-refractivity contribution is -0.156. The van der Waals surface area contributed by atoms with Crippen molar-refractivity contribution in [1.82, 2.24) is 0 Å². The molecule has 0 amide bonds. The maximum atomic E-state index is 11.8. The van der Waals surface area contributed by atoms with Gasteiger partial charge in [-0.25, -0.2) is 0 Å². The van der Waals surface area contributed by atoms with E-state index in [0.29, 0.717) is 5.69 Å². The lowest BCUT2D eigenvalue weighted by Crippen LogP contribution is -2.26. The first-order valence-corrected chi connectivity index (χ1v) is 5.38. The average Bonchev–Trinajstić information content (AvgIpc) is 2.15. The van der Waals surface area contributed by atoms with Crippen molar-refractivity contribution in [3.8, 4) is 0 Å². The Labute approximate surface area is 96.6 Å². The van der Waals surface area contributed by atoms with E-state index in [4.69, 9.17) is 10.5 Å². The maximum absolute atomic E-state index is 11.8. The molecule has 0 saturated heterocycles. The van der Waals surface area contributed by atoms with Gasteiger partial charge in [0, 0.05) is 5.69 Å². The summed E-state index contributed by atoms with van der Waals surface area (Å²) in [5.74, 6) is -0.475. The van der Waals surface area contributed by atoms with Gasteiger partial charge >= 0.3 is 5.97 Å². The molecular formula is C13H19NO2. The molecule has 0 radical (unpaired) electrons. The van der Waals surface area contributed by atoms with E-state index in [9.17, 15) is 4.79 Å². The van der Waals surface area contributed by atoms with Crippen LogP contribution in [0.2, 0.25) is 0 Å². The highest BCUT2D eigenvalue weighted by Gasteiger charge is 2.22. The van der Waals surface area contributed by atoms with Crippen LogP contribution in [0.1, 0.15) is 39.2 Å². The second-order valence-electron chi connectivity index (χ2n) is 4.92. The Bertz CT molecular complexity index is 363. The van der Waals surface area contributed by atoms with Crippen LogP contribution in [0.15, 0.2) is 24.3 Å². The van der Waals surface area contributed by atoms with Gasteiger partial charge in [0.15, 0.2) is 0 Å². The number of nitrogens with two attached hydrogens (primary N) is 1. The molecule has 88 valence electrons. The van der Waals surface area contributed by atoms with Crippen LogP contribution in [0.25, 0.3) is 0 Å². The molecular weight excluding hydrogens is 202 g/mol. The number of benzene rings is 1. The van der Waals surface area contributed by atoms with E-state index in [1.54, 1.807) is 12.1 Å². The van der Waals surface area contributed by atoms with Gasteiger partial charge in [-0.3, -0.25) is 4.79 Å². The van der Waals surface area contributed by atoms with Gasteiger partial charge in [-0.1, -0.05) is 12.1 Å². The minimum absolute atomic E-state index is 0.211. The number of anilines is 1. The molecule has 0 spiro atoms. The molecule has 0 aliphatic rings. The van der Waals surface area contributed by atoms with Crippen LogP contribution in [0, 0.1) is 0 Å². The minimum Gasteiger partial charge on any atom is -0.460 e. The third-order valence-corrected chi connectivity index (χ3v) is 2.20. The first kappa shape index (κ1) is 12.6. The van der Waals surface area contributed by atoms with Gasteiger partial charge in [0.2, 0.25) is 0 Å². The van der Waals surface area contributed by atoms with Crippen LogP contribution in [-0.2, 0) is 9.53 Å². The summed E-state index contributed by atoms with van der Waals surface area (Å²) >= 11 is 0. The smallest absolute Gasteiger partial charge is 0.313 e. The Balaban J connectivity index is 2.74. The van der Waals surface area contributed by atoms with Gasteiger partial charge in [0.05, 0.1) is 5.92 Å². The minimum atomic E-state index is -0.445. The van der Waals surface area contributed by atoms with Gasteiger partial charge < -0.3 is 10.5 Å². The summed E-state index contributed by atoms with van der Waals surface area (Å²) in [5.41, 5.74) is 6.76. The van der Waals surface area contributed by atoms with Crippen LogP contribution in [0.3, 0.4) is 0 Å². The number of carbonyl (C=O) groups is 1. The normalized spacial score (nSPS) is 13.2. The molecule has 1 aromatic rings. The van der Waals surface area contributed by atoms with Gasteiger partial charge in [-0.05, 0) is 45.4 Å². The first-order chi connectivity index (χ1) is 7.29. The average molecular weight is 221 g/mol. The second kappa shape index (κ2) is 4.56. The summed E-state index contributed by atoms with van der Waals surface area (Å²) in [6.07, 6.45) is 0. The lowest BCUT2D eigenvalue weighted by atomic mass is 10.0. The predicted molar refractivity (Wildman–Crippen MR) is 65.1 cm³/mol. The number of hydrogen-bond acceptors (Lipinski definition) is 3. The van der Waals surface area contributed by atoms with Crippen molar-refractivity contribution in [2.24, 2.45) is 0 Å². The molecule has 0 heterocycles. The standard InChI is InChI=1S/C13H19NO2/c1-9(12(15)16-13(2,3)4)10-5-7-11(14)8-6-10/h5-9H,14H2,1-4H3/t9-/m1/s1. The molecule has 0 aliphatic heterocycles. The van der Waals surface area contributed by atoms with E-state index >= 15 is 0 Å². The molecule has 2 N–H and O–H groups in total. The van der Waals surface area contributed by atoms with Crippen molar-refractivity contribution < 1.29 is 9.53 Å². The van der Waals surface area contributed by atoms with E-state index < -0.39 is 5.60 Å². The van der Waals surface area contributed by atoms with Gasteiger partial charge in [-0.15, -0.1) is 0 Å². The first-order valence-electron chi connectivity index (χ1n) is 5.38. The zero-order chi connectivity index (χ0) is 12.3. The zero-order valence-electron chi connectivity index (χ0n) is 10.3. The zero-order valence-corrected chi connectivity index (χ0v) is 10.3. The molecule has 0 unspecified atom stereocenters. The second-order valence-corrected chi connectivity index (χ2v) is 4.92. The molecule has 1 atom stereocenters. The number of hydrogen-bond donors (Lipinski definition) is 1. The van der Waals surface area contributed by atoms with E-state index in [-0.39, 0.29) is 11.9 Å². The fraction of sp³-hybridized carbons (Fsp3) is 0.462. The molecule has 0 fully saturated rings. The van der Waals surface area contributed by atoms with E-state index in [2.05, 4.69) is 0 Å². The summed E-state index contributed by atoms with van der Waals surface area (Å²) in [4.78, 5) is 11.8. The number of nitrogen functional groups attached to an aromatic ring is 1. The van der Waals surface area contributed by atoms with Crippen molar-refractivity contribution in [3.05, 3.63) is 29.8 Å². The van der Waals surface area contributed by atoms with Gasteiger partial charge in [0.25, 0.3) is 0 Å². The molecule has 1 aromatic carbocycles. The van der Waals surface area contributed by atoms with Crippen molar-refractivity contribution in [1.29, 1.82) is 0 Å². The van der Waals surface area contributed by atoms with Crippen molar-refractivity contribution in [3.63, 3.8) is 0 Å². The van der Waals surface area contributed by atoms with Crippen LogP contribution in [0.4, 0.5) is 5.69 Å². The highest BCUT2D eigenvalue weighted by atomic mass is 16.6. The molecule has 16 heavy (non-hydrogen) atoms. The fourth-order valence-electron chi connectivity index (χ4n) is 1.31. The number of carbonyl (C=O) groups excluding carboxylic acids is 1. The van der Waals surface area contributed by atoms with Crippen molar-refractivity contribution >= 4 is 11.7 Å². The summed E-state index contributed by atoms with van der Waals surface area (Å²) in [7, 11) is 0. The molecule has 0 bridgehead atoms. The van der Waals surface area contributed by atoms with Crippen LogP contribution in [-0.4, -0.2) is 11.6 Å². The van der Waals surface area contributed by atoms with E-state index in [1.807, 2.05) is 39.8 Å². The quantitative estimate of drug-likeness (QED) is 0.617. The third-order valence-electron chi connectivity index (χ3n) is 2.20. The number of rotatable bonds is 2. The number of ether oxygens (including phenoxy) is 1. The molecule has 0 aromatic heterocycles. The highest BCUT2D eigenvalue weighted by Crippen LogP contribution is 2.21. The number of esters is 1. The summed E-state index contributed by atoms with van der Waals surface area (Å²) < 4.78 is 5.31. The predicted octanol–water partition coefficient (Wildman–Crippen LogP) is 2.71. The SMILES string of the molecule is C[C@@H](C(=O)OC(C)(C)C)c1ccc(N)cc1. The molecule has 3 nitrogen and oxygen atoms in total.